The fourth-order valence-electron chi connectivity index (χ4n) is 4.48. The number of phenols is 1. The van der Waals surface area contributed by atoms with Crippen LogP contribution in [0.1, 0.15) is 36.5 Å². The zero-order valence-corrected chi connectivity index (χ0v) is 21.0. The molecule has 4 N–H and O–H groups in total. The third kappa shape index (κ3) is 5.05. The van der Waals surface area contributed by atoms with E-state index in [4.69, 9.17) is 22.3 Å². The van der Waals surface area contributed by atoms with Crippen molar-refractivity contribution in [1.82, 2.24) is 15.0 Å². The van der Waals surface area contributed by atoms with E-state index >= 15 is 0 Å². The lowest BCUT2D eigenvalue weighted by Crippen LogP contribution is -2.43. The number of piperidine rings is 1. The van der Waals surface area contributed by atoms with Gasteiger partial charge in [0, 0.05) is 37.3 Å². The number of anilines is 3. The van der Waals surface area contributed by atoms with Gasteiger partial charge in [-0.2, -0.15) is 0 Å². The summed E-state index contributed by atoms with van der Waals surface area (Å²) in [6, 6.07) is 9.97. The van der Waals surface area contributed by atoms with Crippen molar-refractivity contribution in [1.29, 1.82) is 0 Å². The van der Waals surface area contributed by atoms with Crippen molar-refractivity contribution in [2.24, 2.45) is 5.73 Å². The molecule has 0 saturated carbocycles. The Morgan fingerprint density at radius 1 is 1.24 bits per heavy atom. The quantitative estimate of drug-likeness (QED) is 0.287. The Morgan fingerprint density at radius 2 is 2.08 bits per heavy atom. The second-order valence-electron chi connectivity index (χ2n) is 9.05. The number of rotatable bonds is 6. The van der Waals surface area contributed by atoms with Crippen LogP contribution in [0.2, 0.25) is 5.02 Å². The lowest BCUT2D eigenvalue weighted by Gasteiger charge is -2.31. The van der Waals surface area contributed by atoms with Gasteiger partial charge in [0.2, 0.25) is 0 Å². The van der Waals surface area contributed by atoms with Gasteiger partial charge in [0.25, 0.3) is 0 Å². The SMILES string of the molecule is CCC(=O)c1cnc2ccc(-c3cc(F)c(O)c(Cl)c3)nc2c1Nc1ccc(N2CCC[C@@H](N)C2)nc1. The molecule has 37 heavy (non-hydrogen) atoms. The number of nitrogens with two attached hydrogens (primary N) is 1. The summed E-state index contributed by atoms with van der Waals surface area (Å²) in [6.07, 6.45) is 5.56. The van der Waals surface area contributed by atoms with Gasteiger partial charge in [-0.3, -0.25) is 9.78 Å². The van der Waals surface area contributed by atoms with Crippen molar-refractivity contribution in [3.05, 3.63) is 65.2 Å². The van der Waals surface area contributed by atoms with Crippen molar-refractivity contribution in [2.75, 3.05) is 23.3 Å². The number of carbonyl (C=O) groups is 1. The monoisotopic (exact) mass is 520 g/mol. The highest BCUT2D eigenvalue weighted by Crippen LogP contribution is 2.34. The number of aromatic hydroxyl groups is 1. The number of pyridine rings is 3. The van der Waals surface area contributed by atoms with Crippen LogP contribution in [0.15, 0.2) is 48.8 Å². The average molecular weight is 521 g/mol. The molecular formula is C27H26ClFN6O2. The average Bonchev–Trinajstić information content (AvgIpc) is 2.91. The van der Waals surface area contributed by atoms with Crippen molar-refractivity contribution < 1.29 is 14.3 Å². The molecule has 0 amide bonds. The number of hydrogen-bond donors (Lipinski definition) is 3. The van der Waals surface area contributed by atoms with Crippen molar-refractivity contribution in [3.63, 3.8) is 0 Å². The Bertz CT molecular complexity index is 1460. The van der Waals surface area contributed by atoms with Crippen LogP contribution < -0.4 is 16.0 Å². The Morgan fingerprint density at radius 3 is 2.78 bits per heavy atom. The van der Waals surface area contributed by atoms with E-state index in [9.17, 15) is 14.3 Å². The lowest BCUT2D eigenvalue weighted by molar-refractivity contribution is 0.0988. The number of nitrogens with zero attached hydrogens (tertiary/aromatic N) is 4. The van der Waals surface area contributed by atoms with E-state index in [0.717, 1.165) is 37.8 Å². The molecular weight excluding hydrogens is 495 g/mol. The molecule has 1 aliphatic heterocycles. The normalized spacial score (nSPS) is 15.7. The number of aromatic nitrogens is 3. The van der Waals surface area contributed by atoms with Gasteiger partial charge in [0.15, 0.2) is 17.3 Å². The molecule has 1 aliphatic rings. The molecule has 1 fully saturated rings. The van der Waals surface area contributed by atoms with Crippen molar-refractivity contribution in [2.45, 2.75) is 32.2 Å². The zero-order valence-electron chi connectivity index (χ0n) is 20.2. The van der Waals surface area contributed by atoms with E-state index in [2.05, 4.69) is 20.2 Å². The number of halogens is 2. The number of ketones is 1. The molecule has 10 heteroatoms. The van der Waals surface area contributed by atoms with Crippen LogP contribution in [0.4, 0.5) is 21.6 Å². The molecule has 3 aromatic heterocycles. The van der Waals surface area contributed by atoms with Crippen LogP contribution in [-0.2, 0) is 0 Å². The van der Waals surface area contributed by atoms with Crippen LogP contribution in [0.25, 0.3) is 22.3 Å². The smallest absolute Gasteiger partial charge is 0.170 e. The fraction of sp³-hybridized carbons (Fsp3) is 0.259. The van der Waals surface area contributed by atoms with Gasteiger partial charge in [0.05, 0.1) is 39.4 Å². The first-order valence-electron chi connectivity index (χ1n) is 12.1. The van der Waals surface area contributed by atoms with E-state index in [1.54, 1.807) is 25.3 Å². The van der Waals surface area contributed by atoms with Crippen LogP contribution in [0, 0.1) is 5.82 Å². The molecule has 0 spiro atoms. The van der Waals surface area contributed by atoms with E-state index in [1.165, 1.54) is 12.3 Å². The molecule has 190 valence electrons. The van der Waals surface area contributed by atoms with Crippen LogP contribution in [0.3, 0.4) is 0 Å². The first kappa shape index (κ1) is 24.9. The Hall–Kier alpha value is -3.82. The Balaban J connectivity index is 1.55. The van der Waals surface area contributed by atoms with E-state index in [1.807, 2.05) is 12.1 Å². The lowest BCUT2D eigenvalue weighted by atomic mass is 10.1. The first-order valence-corrected chi connectivity index (χ1v) is 12.5. The largest absolute Gasteiger partial charge is 0.504 e. The summed E-state index contributed by atoms with van der Waals surface area (Å²) < 4.78 is 14.2. The van der Waals surface area contributed by atoms with Gasteiger partial charge >= 0.3 is 0 Å². The summed E-state index contributed by atoms with van der Waals surface area (Å²) in [5.41, 5.74) is 9.45. The molecule has 0 radical (unpaired) electrons. The molecule has 0 aliphatic carbocycles. The molecule has 1 atom stereocenters. The van der Waals surface area contributed by atoms with E-state index in [0.29, 0.717) is 39.2 Å². The van der Waals surface area contributed by atoms with Gasteiger partial charge in [-0.1, -0.05) is 18.5 Å². The third-order valence-electron chi connectivity index (χ3n) is 6.45. The van der Waals surface area contributed by atoms with Crippen molar-refractivity contribution in [3.8, 4) is 17.0 Å². The van der Waals surface area contributed by atoms with Crippen LogP contribution >= 0.6 is 11.6 Å². The minimum absolute atomic E-state index is 0.102. The molecule has 8 nitrogen and oxygen atoms in total. The molecule has 5 rings (SSSR count). The minimum Gasteiger partial charge on any atom is -0.504 e. The molecule has 1 saturated heterocycles. The molecule has 0 bridgehead atoms. The van der Waals surface area contributed by atoms with Crippen molar-refractivity contribution >= 4 is 45.6 Å². The first-order chi connectivity index (χ1) is 17.8. The number of nitrogens with one attached hydrogen (secondary N) is 1. The minimum atomic E-state index is -0.850. The predicted molar refractivity (Wildman–Crippen MR) is 143 cm³/mol. The fourth-order valence-corrected chi connectivity index (χ4v) is 4.69. The summed E-state index contributed by atoms with van der Waals surface area (Å²) in [4.78, 5) is 28.7. The molecule has 4 aromatic rings. The molecule has 4 heterocycles. The second-order valence-corrected chi connectivity index (χ2v) is 9.46. The van der Waals surface area contributed by atoms with E-state index in [-0.39, 0.29) is 23.3 Å². The highest BCUT2D eigenvalue weighted by molar-refractivity contribution is 6.32. The summed E-state index contributed by atoms with van der Waals surface area (Å²) in [6.45, 7) is 3.45. The van der Waals surface area contributed by atoms with Gasteiger partial charge in [-0.15, -0.1) is 0 Å². The maximum absolute atomic E-state index is 14.2. The number of benzene rings is 1. The summed E-state index contributed by atoms with van der Waals surface area (Å²) in [5.74, 6) is -0.725. The number of hydrogen-bond acceptors (Lipinski definition) is 8. The topological polar surface area (TPSA) is 117 Å². The highest BCUT2D eigenvalue weighted by Gasteiger charge is 2.20. The molecule has 1 aromatic carbocycles. The van der Waals surface area contributed by atoms with E-state index < -0.39 is 11.6 Å². The van der Waals surface area contributed by atoms with Gasteiger partial charge in [-0.25, -0.2) is 14.4 Å². The highest BCUT2D eigenvalue weighted by atomic mass is 35.5. The Labute approximate surface area is 218 Å². The standard InChI is InChI=1S/C27H26ClFN6O2/c1-2-23(36)18-13-31-22-7-6-21(15-10-19(28)27(37)20(29)11-15)34-26(22)25(18)33-17-5-8-24(32-12-17)35-9-3-4-16(30)14-35/h5-8,10-13,16,37H,2-4,9,14,30H2,1H3,(H,31,33)/t16-/m1/s1. The van der Waals surface area contributed by atoms with Crippen LogP contribution in [0.5, 0.6) is 5.75 Å². The number of fused-ring (bicyclic) bond motifs is 1. The maximum Gasteiger partial charge on any atom is 0.170 e. The molecule has 0 unspecified atom stereocenters. The summed E-state index contributed by atoms with van der Waals surface area (Å²) >= 11 is 5.98. The predicted octanol–water partition coefficient (Wildman–Crippen LogP) is 5.45. The zero-order chi connectivity index (χ0) is 26.1. The van der Waals surface area contributed by atoms with Crippen LogP contribution in [-0.4, -0.2) is 45.0 Å². The van der Waals surface area contributed by atoms with Gasteiger partial charge < -0.3 is 21.1 Å². The van der Waals surface area contributed by atoms with Gasteiger partial charge in [-0.05, 0) is 49.2 Å². The second kappa shape index (κ2) is 10.3. The maximum atomic E-state index is 14.2. The summed E-state index contributed by atoms with van der Waals surface area (Å²) in [7, 11) is 0. The Kier molecular flexibility index (Phi) is 6.90. The number of carbonyl (C=O) groups excluding carboxylic acids is 1. The summed E-state index contributed by atoms with van der Waals surface area (Å²) in [5, 5.41) is 12.9. The number of phenolic OH excluding ortho intramolecular Hbond substituents is 1. The third-order valence-corrected chi connectivity index (χ3v) is 6.73. The van der Waals surface area contributed by atoms with Gasteiger partial charge in [0.1, 0.15) is 11.3 Å². The number of Topliss-reactive ketones (excluding diaryl/α,β-unsaturated/α-hetero) is 1.